The largest absolute Gasteiger partial charge is 0.508 e. The van der Waals surface area contributed by atoms with Crippen LogP contribution >= 0.6 is 0 Å². The highest BCUT2D eigenvalue weighted by molar-refractivity contribution is 5.91. The number of carbonyl (C=O) groups excluding carboxylic acids is 2. The van der Waals surface area contributed by atoms with E-state index >= 15 is 0 Å². The number of ketones is 1. The topological polar surface area (TPSA) is 52.6 Å². The molecule has 4 heteroatoms. The van der Waals surface area contributed by atoms with Gasteiger partial charge in [0.2, 0.25) is 0 Å². The van der Waals surface area contributed by atoms with Crippen LogP contribution in [0.5, 0.6) is 0 Å². The maximum absolute atomic E-state index is 12.6. The number of hydrogen-bond acceptors (Lipinski definition) is 4. The lowest BCUT2D eigenvalue weighted by Gasteiger charge is -2.58. The van der Waals surface area contributed by atoms with Crippen LogP contribution in [0.1, 0.15) is 130 Å². The van der Waals surface area contributed by atoms with E-state index in [9.17, 15) is 9.59 Å². The molecule has 3 fully saturated rings. The molecule has 0 radical (unpaired) electrons. The monoisotopic (exact) mass is 514 g/mol. The van der Waals surface area contributed by atoms with Gasteiger partial charge in [0, 0.05) is 11.8 Å². The molecule has 0 unspecified atom stereocenters. The first-order valence-corrected chi connectivity index (χ1v) is 15.9. The van der Waals surface area contributed by atoms with Crippen LogP contribution in [0, 0.1) is 40.9 Å². The van der Waals surface area contributed by atoms with E-state index in [0.717, 1.165) is 51.4 Å². The van der Waals surface area contributed by atoms with Crippen molar-refractivity contribution in [3.05, 3.63) is 11.6 Å². The van der Waals surface area contributed by atoms with E-state index in [1.54, 1.807) is 0 Å². The first-order chi connectivity index (χ1) is 17.8. The number of rotatable bonds is 12. The molecule has 4 aliphatic carbocycles. The molecule has 0 saturated heterocycles. The van der Waals surface area contributed by atoms with Crippen molar-refractivity contribution in [2.45, 2.75) is 137 Å². The number of fused-ring (bicyclic) bond motifs is 5. The van der Waals surface area contributed by atoms with Crippen LogP contribution < -0.4 is 0 Å². The molecule has 3 saturated carbocycles. The predicted octanol–water partition coefficient (Wildman–Crippen LogP) is 9.06. The van der Waals surface area contributed by atoms with E-state index in [1.807, 2.05) is 6.08 Å². The second-order valence-corrected chi connectivity index (χ2v) is 13.4. The Kier molecular flexibility index (Phi) is 10.2. The third kappa shape index (κ3) is 6.64. The number of ether oxygens (including phenoxy) is 2. The summed E-state index contributed by atoms with van der Waals surface area (Å²) in [4.78, 5) is 24.7. The van der Waals surface area contributed by atoms with Gasteiger partial charge in [0.15, 0.2) is 5.78 Å². The molecule has 0 bridgehead atoms. The fourth-order valence-electron chi connectivity index (χ4n) is 9.18. The van der Waals surface area contributed by atoms with Crippen molar-refractivity contribution in [2.24, 2.45) is 40.9 Å². The molecule has 210 valence electrons. The van der Waals surface area contributed by atoms with Crippen LogP contribution in [0.4, 0.5) is 4.79 Å². The van der Waals surface area contributed by atoms with E-state index < -0.39 is 6.16 Å². The maximum Gasteiger partial charge on any atom is 0.508 e. The Morgan fingerprint density at radius 3 is 2.30 bits per heavy atom. The SMILES string of the molecule is CCCCCCCCCCCCOC(=O)O[C@H]1CC[C@H]2[C@H]3[C@H]([C@@H](C)C[C@]12C)[C@H]1CCC(=O)C=C1C[C@H]3C. The van der Waals surface area contributed by atoms with E-state index in [0.29, 0.717) is 47.9 Å². The molecular weight excluding hydrogens is 460 g/mol. The Morgan fingerprint density at radius 1 is 0.919 bits per heavy atom. The smallest absolute Gasteiger partial charge is 0.434 e. The number of hydrogen-bond donors (Lipinski definition) is 0. The van der Waals surface area contributed by atoms with Gasteiger partial charge in [-0.15, -0.1) is 0 Å². The van der Waals surface area contributed by atoms with Gasteiger partial charge in [-0.2, -0.15) is 0 Å². The van der Waals surface area contributed by atoms with Crippen molar-refractivity contribution in [3.63, 3.8) is 0 Å². The van der Waals surface area contributed by atoms with Gasteiger partial charge in [-0.1, -0.05) is 91.1 Å². The molecule has 37 heavy (non-hydrogen) atoms. The molecule has 0 amide bonds. The Hall–Kier alpha value is -1.32. The molecular formula is C33H54O4. The van der Waals surface area contributed by atoms with Crippen LogP contribution in [0.25, 0.3) is 0 Å². The highest BCUT2D eigenvalue weighted by Gasteiger charge is 2.61. The second-order valence-electron chi connectivity index (χ2n) is 13.4. The van der Waals surface area contributed by atoms with E-state index in [-0.39, 0.29) is 11.5 Å². The van der Waals surface area contributed by atoms with Crippen molar-refractivity contribution < 1.29 is 19.1 Å². The highest BCUT2D eigenvalue weighted by Crippen LogP contribution is 2.65. The Bertz CT molecular complexity index is 802. The minimum Gasteiger partial charge on any atom is -0.434 e. The van der Waals surface area contributed by atoms with Crippen molar-refractivity contribution in [2.75, 3.05) is 6.61 Å². The highest BCUT2D eigenvalue weighted by atomic mass is 16.7. The summed E-state index contributed by atoms with van der Waals surface area (Å²) >= 11 is 0. The van der Waals surface area contributed by atoms with Gasteiger partial charge in [-0.05, 0) is 80.1 Å². The molecule has 4 aliphatic rings. The third-order valence-corrected chi connectivity index (χ3v) is 10.8. The zero-order valence-electron chi connectivity index (χ0n) is 24.3. The standard InChI is InChI=1S/C33H54O4/c1-5-6-7-8-9-10-11-12-13-14-19-36-32(35)37-29-18-17-28-31-23(2)20-25-21-26(34)15-16-27(25)30(31)24(3)22-33(28,29)4/h21,23-24,27-31H,5-20,22H2,1-4H3/t23-,24+,27+,28+,29+,30-,31+,33+/m1/s1. The summed E-state index contributed by atoms with van der Waals surface area (Å²) < 4.78 is 11.6. The molecule has 0 heterocycles. The van der Waals surface area contributed by atoms with Crippen LogP contribution in [0.15, 0.2) is 11.6 Å². The van der Waals surface area contributed by atoms with Gasteiger partial charge in [-0.3, -0.25) is 4.79 Å². The lowest BCUT2D eigenvalue weighted by atomic mass is 9.47. The van der Waals surface area contributed by atoms with Crippen molar-refractivity contribution in [1.29, 1.82) is 0 Å². The average molecular weight is 515 g/mol. The van der Waals surface area contributed by atoms with Crippen LogP contribution in [0.3, 0.4) is 0 Å². The molecule has 0 N–H and O–H groups in total. The summed E-state index contributed by atoms with van der Waals surface area (Å²) in [7, 11) is 0. The molecule has 0 aromatic rings. The lowest BCUT2D eigenvalue weighted by molar-refractivity contribution is -0.119. The maximum atomic E-state index is 12.6. The van der Waals surface area contributed by atoms with Gasteiger partial charge in [0.1, 0.15) is 6.10 Å². The number of allylic oxidation sites excluding steroid dienone is 1. The molecule has 4 rings (SSSR count). The molecule has 0 aromatic carbocycles. The summed E-state index contributed by atoms with van der Waals surface area (Å²) in [6, 6.07) is 0. The van der Waals surface area contributed by atoms with Gasteiger partial charge < -0.3 is 9.47 Å². The number of carbonyl (C=O) groups is 2. The Balaban J connectivity index is 1.21. The quantitative estimate of drug-likeness (QED) is 0.192. The van der Waals surface area contributed by atoms with Crippen LogP contribution in [-0.4, -0.2) is 24.6 Å². The van der Waals surface area contributed by atoms with E-state index in [4.69, 9.17) is 9.47 Å². The fourth-order valence-corrected chi connectivity index (χ4v) is 9.18. The normalized spacial score (nSPS) is 36.8. The van der Waals surface area contributed by atoms with Crippen LogP contribution in [0.2, 0.25) is 0 Å². The fraction of sp³-hybridized carbons (Fsp3) is 0.879. The minimum absolute atomic E-state index is 0.0295. The van der Waals surface area contributed by atoms with Gasteiger partial charge >= 0.3 is 6.16 Å². The minimum atomic E-state index is -0.453. The van der Waals surface area contributed by atoms with Crippen molar-refractivity contribution >= 4 is 11.9 Å². The molecule has 8 atom stereocenters. The second kappa shape index (κ2) is 13.2. The number of unbranched alkanes of at least 4 members (excludes halogenated alkanes) is 9. The summed E-state index contributed by atoms with van der Waals surface area (Å²) in [5.74, 6) is 4.03. The Labute approximate surface area is 226 Å². The summed E-state index contributed by atoms with van der Waals surface area (Å²) in [6.07, 6.45) is 20.3. The lowest BCUT2D eigenvalue weighted by Crippen LogP contribution is -2.54. The third-order valence-electron chi connectivity index (χ3n) is 10.8. The van der Waals surface area contributed by atoms with Crippen molar-refractivity contribution in [3.8, 4) is 0 Å². The molecule has 0 spiro atoms. The van der Waals surface area contributed by atoms with Gasteiger partial charge in [-0.25, -0.2) is 4.79 Å². The molecule has 0 aliphatic heterocycles. The van der Waals surface area contributed by atoms with E-state index in [2.05, 4.69) is 27.7 Å². The van der Waals surface area contributed by atoms with Gasteiger partial charge in [0.25, 0.3) is 0 Å². The van der Waals surface area contributed by atoms with Crippen LogP contribution in [-0.2, 0) is 14.3 Å². The zero-order valence-corrected chi connectivity index (χ0v) is 24.3. The summed E-state index contributed by atoms with van der Waals surface area (Å²) in [6.45, 7) is 9.96. The van der Waals surface area contributed by atoms with Gasteiger partial charge in [0.05, 0.1) is 6.61 Å². The Morgan fingerprint density at radius 2 is 1.59 bits per heavy atom. The summed E-state index contributed by atoms with van der Waals surface area (Å²) in [5, 5.41) is 0. The molecule has 0 aromatic heterocycles. The predicted molar refractivity (Wildman–Crippen MR) is 149 cm³/mol. The zero-order chi connectivity index (χ0) is 26.4. The first-order valence-electron chi connectivity index (χ1n) is 15.9. The van der Waals surface area contributed by atoms with Crippen molar-refractivity contribution in [1.82, 2.24) is 0 Å². The summed E-state index contributed by atoms with van der Waals surface area (Å²) in [5.41, 5.74) is 1.47. The first kappa shape index (κ1) is 28.7. The molecule has 4 nitrogen and oxygen atoms in total. The van der Waals surface area contributed by atoms with E-state index in [1.165, 1.54) is 56.9 Å². The average Bonchev–Trinajstić information content (AvgIpc) is 3.17.